The zero-order chi connectivity index (χ0) is 22.1. The fourth-order valence-corrected chi connectivity index (χ4v) is 2.58. The highest BCUT2D eigenvalue weighted by molar-refractivity contribution is 5.92. The molecule has 30 heavy (non-hydrogen) atoms. The lowest BCUT2D eigenvalue weighted by atomic mass is 10.2. The molecular formula is C23H29NO6. The van der Waals surface area contributed by atoms with Crippen LogP contribution in [0.3, 0.4) is 0 Å². The highest BCUT2D eigenvalue weighted by Crippen LogP contribution is 2.27. The van der Waals surface area contributed by atoms with E-state index in [4.69, 9.17) is 18.9 Å². The summed E-state index contributed by atoms with van der Waals surface area (Å²) in [6.07, 6.45) is -0.946. The monoisotopic (exact) mass is 415 g/mol. The molecule has 1 atom stereocenters. The van der Waals surface area contributed by atoms with Crippen LogP contribution in [0.1, 0.15) is 36.7 Å². The van der Waals surface area contributed by atoms with Crippen molar-refractivity contribution >= 4 is 11.9 Å². The quantitative estimate of drug-likeness (QED) is 0.597. The van der Waals surface area contributed by atoms with Crippen molar-refractivity contribution in [2.24, 2.45) is 5.92 Å². The van der Waals surface area contributed by atoms with Gasteiger partial charge in [0.2, 0.25) is 0 Å². The van der Waals surface area contributed by atoms with E-state index >= 15 is 0 Å². The van der Waals surface area contributed by atoms with Crippen molar-refractivity contribution < 1.29 is 28.5 Å². The van der Waals surface area contributed by atoms with Gasteiger partial charge in [-0.1, -0.05) is 26.0 Å². The molecule has 2 aromatic rings. The minimum atomic E-state index is -0.946. The van der Waals surface area contributed by atoms with Crippen LogP contribution in [-0.2, 0) is 16.1 Å². The largest absolute Gasteiger partial charge is 0.493 e. The lowest BCUT2D eigenvalue weighted by molar-refractivity contribution is -0.129. The fourth-order valence-electron chi connectivity index (χ4n) is 2.58. The van der Waals surface area contributed by atoms with Gasteiger partial charge in [0, 0.05) is 6.54 Å². The maximum Gasteiger partial charge on any atom is 0.339 e. The molecule has 7 nitrogen and oxygen atoms in total. The normalized spacial score (nSPS) is 11.5. The second-order valence-electron chi connectivity index (χ2n) is 7.19. The molecular weight excluding hydrogens is 386 g/mol. The maximum absolute atomic E-state index is 12.4. The summed E-state index contributed by atoms with van der Waals surface area (Å²) in [5.74, 6) is 1.15. The Kier molecular flexibility index (Phi) is 8.53. The Morgan fingerprint density at radius 2 is 1.70 bits per heavy atom. The molecule has 2 aromatic carbocycles. The molecule has 0 heterocycles. The summed E-state index contributed by atoms with van der Waals surface area (Å²) in [6.45, 7) is 6.43. The molecule has 0 radical (unpaired) electrons. The molecule has 1 N–H and O–H groups in total. The lowest BCUT2D eigenvalue weighted by Gasteiger charge is -2.15. The highest BCUT2D eigenvalue weighted by atomic mass is 16.5. The molecule has 0 aliphatic heterocycles. The summed E-state index contributed by atoms with van der Waals surface area (Å²) in [5.41, 5.74) is 1.16. The van der Waals surface area contributed by atoms with E-state index in [2.05, 4.69) is 5.32 Å². The first kappa shape index (κ1) is 23.1. The molecule has 0 spiro atoms. The average molecular weight is 415 g/mol. The topological polar surface area (TPSA) is 83.1 Å². The van der Waals surface area contributed by atoms with Crippen LogP contribution in [-0.4, -0.2) is 38.8 Å². The van der Waals surface area contributed by atoms with E-state index in [-0.39, 0.29) is 6.54 Å². The van der Waals surface area contributed by atoms with Crippen molar-refractivity contribution in [2.45, 2.75) is 33.4 Å². The highest BCUT2D eigenvalue weighted by Gasteiger charge is 2.19. The van der Waals surface area contributed by atoms with Gasteiger partial charge in [-0.3, -0.25) is 4.79 Å². The van der Waals surface area contributed by atoms with Gasteiger partial charge >= 0.3 is 5.97 Å². The zero-order valence-corrected chi connectivity index (χ0v) is 18.1. The Morgan fingerprint density at radius 1 is 0.967 bits per heavy atom. The van der Waals surface area contributed by atoms with Crippen LogP contribution in [0.2, 0.25) is 0 Å². The van der Waals surface area contributed by atoms with Crippen molar-refractivity contribution in [3.63, 3.8) is 0 Å². The summed E-state index contributed by atoms with van der Waals surface area (Å²) >= 11 is 0. The third kappa shape index (κ3) is 6.69. The van der Waals surface area contributed by atoms with Crippen molar-refractivity contribution in [3.8, 4) is 17.2 Å². The molecule has 0 aromatic heterocycles. The van der Waals surface area contributed by atoms with E-state index in [9.17, 15) is 9.59 Å². The zero-order valence-electron chi connectivity index (χ0n) is 18.1. The molecule has 1 amide bonds. The van der Waals surface area contributed by atoms with Gasteiger partial charge in [0.15, 0.2) is 17.6 Å². The predicted molar refractivity (Wildman–Crippen MR) is 113 cm³/mol. The van der Waals surface area contributed by atoms with Gasteiger partial charge in [-0.05, 0) is 48.7 Å². The van der Waals surface area contributed by atoms with Gasteiger partial charge in [0.25, 0.3) is 5.91 Å². The van der Waals surface area contributed by atoms with Crippen LogP contribution < -0.4 is 19.5 Å². The third-order valence-corrected chi connectivity index (χ3v) is 4.22. The minimum absolute atomic E-state index is 0.263. The maximum atomic E-state index is 12.4. The molecule has 0 aliphatic carbocycles. The van der Waals surface area contributed by atoms with Crippen LogP contribution in [0.25, 0.3) is 0 Å². The first-order valence-corrected chi connectivity index (χ1v) is 9.76. The number of amides is 1. The predicted octanol–water partition coefficient (Wildman–Crippen LogP) is 3.60. The SMILES string of the molecule is COc1ccc(CNC(=O)[C@H](C)OC(=O)c2cccc(OCC(C)C)c2)cc1OC. The fraction of sp³-hybridized carbons (Fsp3) is 0.391. The molecule has 2 rings (SSSR count). The number of hydrogen-bond donors (Lipinski definition) is 1. The number of methoxy groups -OCH3 is 2. The number of carbonyl (C=O) groups excluding carboxylic acids is 2. The van der Waals surface area contributed by atoms with Crippen LogP contribution in [0.5, 0.6) is 17.2 Å². The van der Waals surface area contributed by atoms with E-state index in [0.29, 0.717) is 35.3 Å². The second-order valence-corrected chi connectivity index (χ2v) is 7.19. The second kappa shape index (κ2) is 11.1. The standard InChI is InChI=1S/C23H29NO6/c1-15(2)14-29-19-8-6-7-18(12-19)23(26)30-16(3)22(25)24-13-17-9-10-20(27-4)21(11-17)28-5/h6-12,15-16H,13-14H2,1-5H3,(H,24,25)/t16-/m0/s1. The number of esters is 1. The van der Waals surface area contributed by atoms with E-state index in [1.165, 1.54) is 6.92 Å². The van der Waals surface area contributed by atoms with E-state index in [1.54, 1.807) is 50.6 Å². The number of ether oxygens (including phenoxy) is 4. The summed E-state index contributed by atoms with van der Waals surface area (Å²) in [5, 5.41) is 2.75. The van der Waals surface area contributed by atoms with Crippen molar-refractivity contribution in [3.05, 3.63) is 53.6 Å². The smallest absolute Gasteiger partial charge is 0.339 e. The first-order valence-electron chi connectivity index (χ1n) is 9.76. The Hall–Kier alpha value is -3.22. The van der Waals surface area contributed by atoms with Gasteiger partial charge in [0.1, 0.15) is 5.75 Å². The molecule has 0 bridgehead atoms. The number of benzene rings is 2. The van der Waals surface area contributed by atoms with Crippen LogP contribution >= 0.6 is 0 Å². The Balaban J connectivity index is 1.91. The van der Waals surface area contributed by atoms with Crippen LogP contribution in [0.4, 0.5) is 0 Å². The van der Waals surface area contributed by atoms with Gasteiger partial charge in [-0.25, -0.2) is 4.79 Å². The van der Waals surface area contributed by atoms with Gasteiger partial charge in [-0.2, -0.15) is 0 Å². The van der Waals surface area contributed by atoms with Crippen LogP contribution in [0, 0.1) is 5.92 Å². The molecule has 0 fully saturated rings. The van der Waals surface area contributed by atoms with Gasteiger partial charge in [-0.15, -0.1) is 0 Å². The molecule has 0 saturated heterocycles. The van der Waals surface area contributed by atoms with Gasteiger partial charge < -0.3 is 24.3 Å². The molecule has 7 heteroatoms. The number of carbonyl (C=O) groups is 2. The Labute approximate surface area is 177 Å². The minimum Gasteiger partial charge on any atom is -0.493 e. The summed E-state index contributed by atoms with van der Waals surface area (Å²) in [6, 6.07) is 12.1. The Morgan fingerprint density at radius 3 is 2.37 bits per heavy atom. The van der Waals surface area contributed by atoms with Crippen molar-refractivity contribution in [2.75, 3.05) is 20.8 Å². The summed E-state index contributed by atoms with van der Waals surface area (Å²) in [4.78, 5) is 24.7. The first-order chi connectivity index (χ1) is 14.3. The molecule has 0 unspecified atom stereocenters. The van der Waals surface area contributed by atoms with Crippen molar-refractivity contribution in [1.29, 1.82) is 0 Å². The van der Waals surface area contributed by atoms with E-state index in [1.807, 2.05) is 19.9 Å². The average Bonchev–Trinajstić information content (AvgIpc) is 2.75. The molecule has 162 valence electrons. The molecule has 0 aliphatic rings. The Bertz CT molecular complexity index is 865. The molecule has 0 saturated carbocycles. The summed E-state index contributed by atoms with van der Waals surface area (Å²) < 4.78 is 21.4. The lowest BCUT2D eigenvalue weighted by Crippen LogP contribution is -2.35. The van der Waals surface area contributed by atoms with E-state index < -0.39 is 18.0 Å². The summed E-state index contributed by atoms with van der Waals surface area (Å²) in [7, 11) is 3.10. The third-order valence-electron chi connectivity index (χ3n) is 4.22. The van der Waals surface area contributed by atoms with E-state index in [0.717, 1.165) is 5.56 Å². The number of nitrogens with one attached hydrogen (secondary N) is 1. The number of hydrogen-bond acceptors (Lipinski definition) is 6. The van der Waals surface area contributed by atoms with Crippen molar-refractivity contribution in [1.82, 2.24) is 5.32 Å². The number of rotatable bonds is 10. The van der Waals surface area contributed by atoms with Crippen LogP contribution in [0.15, 0.2) is 42.5 Å². The van der Waals surface area contributed by atoms with Gasteiger partial charge in [0.05, 0.1) is 26.4 Å².